The third kappa shape index (κ3) is 5.77. The number of aliphatic hydroxyl groups is 2. The minimum absolute atomic E-state index is 0.427. The lowest BCUT2D eigenvalue weighted by Gasteiger charge is -2.23. The zero-order valence-electron chi connectivity index (χ0n) is 9.07. The Labute approximate surface area is 84.1 Å². The van der Waals surface area contributed by atoms with Crippen molar-refractivity contribution in [2.24, 2.45) is 0 Å². The van der Waals surface area contributed by atoms with E-state index in [0.29, 0.717) is 6.42 Å². The molecule has 0 aromatic rings. The van der Waals surface area contributed by atoms with Crippen molar-refractivity contribution < 1.29 is 19.7 Å². The molecule has 0 radical (unpaired) electrons. The van der Waals surface area contributed by atoms with Crippen LogP contribution >= 0.6 is 0 Å². The van der Waals surface area contributed by atoms with Crippen LogP contribution in [0.4, 0.5) is 4.79 Å². The van der Waals surface area contributed by atoms with Crippen LogP contribution in [0.1, 0.15) is 34.1 Å². The zero-order chi connectivity index (χ0) is 11.4. The van der Waals surface area contributed by atoms with E-state index in [1.54, 1.807) is 27.7 Å². The number of carbonyl (C=O) groups excluding carboxylic acids is 1. The molecule has 0 bridgehead atoms. The van der Waals surface area contributed by atoms with E-state index in [-0.39, 0.29) is 0 Å². The average molecular weight is 205 g/mol. The van der Waals surface area contributed by atoms with E-state index in [2.05, 4.69) is 5.32 Å². The van der Waals surface area contributed by atoms with Gasteiger partial charge in [0.25, 0.3) is 0 Å². The highest BCUT2D eigenvalue weighted by molar-refractivity contribution is 5.68. The topological polar surface area (TPSA) is 78.8 Å². The van der Waals surface area contributed by atoms with Gasteiger partial charge < -0.3 is 20.3 Å². The molecule has 0 saturated carbocycles. The molecular weight excluding hydrogens is 186 g/mol. The average Bonchev–Trinajstić information content (AvgIpc) is 1.96. The van der Waals surface area contributed by atoms with E-state index in [1.807, 2.05) is 0 Å². The Morgan fingerprint density at radius 1 is 1.43 bits per heavy atom. The number of rotatable bonds is 3. The third-order valence-corrected chi connectivity index (χ3v) is 1.50. The first-order valence-corrected chi connectivity index (χ1v) is 4.62. The number of hydrogen-bond donors (Lipinski definition) is 3. The van der Waals surface area contributed by atoms with E-state index in [4.69, 9.17) is 14.9 Å². The molecular formula is C9H19NO4. The van der Waals surface area contributed by atoms with Crippen molar-refractivity contribution in [2.45, 2.75) is 52.0 Å². The normalized spacial score (nSPS) is 13.9. The Kier molecular flexibility index (Phi) is 4.87. The van der Waals surface area contributed by atoms with Crippen LogP contribution in [-0.4, -0.2) is 34.2 Å². The van der Waals surface area contributed by atoms with Crippen molar-refractivity contribution in [1.29, 1.82) is 0 Å². The molecule has 5 nitrogen and oxygen atoms in total. The highest BCUT2D eigenvalue weighted by Crippen LogP contribution is 2.07. The van der Waals surface area contributed by atoms with Crippen molar-refractivity contribution >= 4 is 6.09 Å². The number of carbonyl (C=O) groups is 1. The van der Waals surface area contributed by atoms with E-state index < -0.39 is 24.0 Å². The van der Waals surface area contributed by atoms with E-state index in [9.17, 15) is 4.79 Å². The molecule has 1 amide bonds. The molecule has 1 atom stereocenters. The molecule has 0 rings (SSSR count). The second kappa shape index (κ2) is 5.17. The van der Waals surface area contributed by atoms with Crippen molar-refractivity contribution in [2.75, 3.05) is 0 Å². The Balaban J connectivity index is 4.04. The van der Waals surface area contributed by atoms with Gasteiger partial charge >= 0.3 is 6.09 Å². The summed E-state index contributed by atoms with van der Waals surface area (Å²) in [5.41, 5.74) is -0.581. The first-order valence-electron chi connectivity index (χ1n) is 4.62. The van der Waals surface area contributed by atoms with Crippen LogP contribution in [0, 0.1) is 0 Å². The minimum atomic E-state index is -1.56. The molecule has 0 aliphatic carbocycles. The van der Waals surface area contributed by atoms with Gasteiger partial charge in [-0.15, -0.1) is 0 Å². The number of hydrogen-bond acceptors (Lipinski definition) is 4. The van der Waals surface area contributed by atoms with E-state index in [1.165, 1.54) is 0 Å². The summed E-state index contributed by atoms with van der Waals surface area (Å²) in [7, 11) is 0. The molecule has 1 unspecified atom stereocenters. The summed E-state index contributed by atoms with van der Waals surface area (Å²) >= 11 is 0. The van der Waals surface area contributed by atoms with Crippen LogP contribution in [-0.2, 0) is 4.74 Å². The van der Waals surface area contributed by atoms with Gasteiger partial charge in [-0.3, -0.25) is 0 Å². The lowest BCUT2D eigenvalue weighted by molar-refractivity contribution is -0.0688. The predicted octanol–water partition coefficient (Wildman–Crippen LogP) is 0.600. The lowest BCUT2D eigenvalue weighted by Crippen LogP contribution is -2.45. The monoisotopic (exact) mass is 205 g/mol. The molecule has 5 heteroatoms. The second-order valence-electron chi connectivity index (χ2n) is 4.07. The van der Waals surface area contributed by atoms with Gasteiger partial charge in [0.1, 0.15) is 5.60 Å². The van der Waals surface area contributed by atoms with Gasteiger partial charge in [0.05, 0.1) is 6.04 Å². The van der Waals surface area contributed by atoms with Gasteiger partial charge in [-0.1, -0.05) is 6.92 Å². The van der Waals surface area contributed by atoms with Crippen molar-refractivity contribution in [3.63, 3.8) is 0 Å². The first kappa shape index (κ1) is 13.2. The summed E-state index contributed by atoms with van der Waals surface area (Å²) in [6.45, 7) is 6.95. The SMILES string of the molecule is CCC(NC(=O)OC(C)(C)C)C(O)O. The molecule has 0 heterocycles. The first-order chi connectivity index (χ1) is 6.26. The molecule has 0 aromatic carbocycles. The molecule has 0 fully saturated rings. The second-order valence-corrected chi connectivity index (χ2v) is 4.07. The number of nitrogens with one attached hydrogen (secondary N) is 1. The Morgan fingerprint density at radius 3 is 2.21 bits per heavy atom. The summed E-state index contributed by atoms with van der Waals surface area (Å²) in [5.74, 6) is 0. The molecule has 0 aromatic heterocycles. The van der Waals surface area contributed by atoms with E-state index >= 15 is 0 Å². The number of alkyl carbamates (subject to hydrolysis) is 1. The Morgan fingerprint density at radius 2 is 1.93 bits per heavy atom. The predicted molar refractivity (Wildman–Crippen MR) is 51.7 cm³/mol. The standard InChI is InChI=1S/C9H19NO4/c1-5-6(7(11)12)10-8(13)14-9(2,3)4/h6-7,11-12H,5H2,1-4H3,(H,10,13). The molecule has 0 aliphatic rings. The summed E-state index contributed by atoms with van der Waals surface area (Å²) in [4.78, 5) is 11.2. The van der Waals surface area contributed by atoms with Crippen molar-refractivity contribution in [3.8, 4) is 0 Å². The quantitative estimate of drug-likeness (QED) is 0.589. The maximum atomic E-state index is 11.2. The third-order valence-electron chi connectivity index (χ3n) is 1.50. The van der Waals surface area contributed by atoms with Crippen LogP contribution in [0.3, 0.4) is 0 Å². The molecule has 0 spiro atoms. The molecule has 0 saturated heterocycles. The van der Waals surface area contributed by atoms with E-state index in [0.717, 1.165) is 0 Å². The maximum absolute atomic E-state index is 11.2. The molecule has 14 heavy (non-hydrogen) atoms. The Hall–Kier alpha value is -0.810. The fourth-order valence-corrected chi connectivity index (χ4v) is 0.846. The van der Waals surface area contributed by atoms with Crippen LogP contribution < -0.4 is 5.32 Å². The smallest absolute Gasteiger partial charge is 0.408 e. The highest BCUT2D eigenvalue weighted by atomic mass is 16.6. The van der Waals surface area contributed by atoms with Crippen LogP contribution in [0.25, 0.3) is 0 Å². The molecule has 84 valence electrons. The molecule has 0 aliphatic heterocycles. The largest absolute Gasteiger partial charge is 0.444 e. The van der Waals surface area contributed by atoms with Crippen LogP contribution in [0.15, 0.2) is 0 Å². The van der Waals surface area contributed by atoms with Gasteiger partial charge in [-0.25, -0.2) is 4.79 Å². The lowest BCUT2D eigenvalue weighted by atomic mass is 10.2. The molecule has 3 N–H and O–H groups in total. The van der Waals surface area contributed by atoms with Gasteiger partial charge in [0.2, 0.25) is 0 Å². The number of ether oxygens (including phenoxy) is 1. The minimum Gasteiger partial charge on any atom is -0.444 e. The van der Waals surface area contributed by atoms with Crippen molar-refractivity contribution in [3.05, 3.63) is 0 Å². The van der Waals surface area contributed by atoms with Gasteiger partial charge in [0.15, 0.2) is 6.29 Å². The highest BCUT2D eigenvalue weighted by Gasteiger charge is 2.21. The van der Waals surface area contributed by atoms with Crippen LogP contribution in [0.5, 0.6) is 0 Å². The zero-order valence-corrected chi connectivity index (χ0v) is 9.07. The fourth-order valence-electron chi connectivity index (χ4n) is 0.846. The summed E-state index contributed by atoms with van der Waals surface area (Å²) in [6.07, 6.45) is -1.78. The summed E-state index contributed by atoms with van der Waals surface area (Å²) in [5, 5.41) is 20.1. The number of amides is 1. The maximum Gasteiger partial charge on any atom is 0.408 e. The van der Waals surface area contributed by atoms with Gasteiger partial charge in [0, 0.05) is 0 Å². The summed E-state index contributed by atoms with van der Waals surface area (Å²) in [6, 6.07) is -0.690. The van der Waals surface area contributed by atoms with Crippen LogP contribution in [0.2, 0.25) is 0 Å². The number of aliphatic hydroxyl groups excluding tert-OH is 1. The summed E-state index contributed by atoms with van der Waals surface area (Å²) < 4.78 is 4.95. The van der Waals surface area contributed by atoms with Crippen molar-refractivity contribution in [1.82, 2.24) is 5.32 Å². The van der Waals surface area contributed by atoms with Gasteiger partial charge in [-0.2, -0.15) is 0 Å². The fraction of sp³-hybridized carbons (Fsp3) is 0.889. The Bertz CT molecular complexity index is 186. The van der Waals surface area contributed by atoms with Gasteiger partial charge in [-0.05, 0) is 27.2 Å².